The van der Waals surface area contributed by atoms with Crippen molar-refractivity contribution in [2.45, 2.75) is 11.4 Å². The lowest BCUT2D eigenvalue weighted by molar-refractivity contribution is -0.112. The van der Waals surface area contributed by atoms with E-state index in [0.29, 0.717) is 22.8 Å². The Hall–Kier alpha value is -3.83. The summed E-state index contributed by atoms with van der Waals surface area (Å²) in [5, 5.41) is 14.8. The second kappa shape index (κ2) is 9.91. The largest absolute Gasteiger partial charge is 0.330 e. The molecule has 0 spiro atoms. The van der Waals surface area contributed by atoms with Gasteiger partial charge in [-0.05, 0) is 46.8 Å². The first kappa shape index (κ1) is 24.8. The van der Waals surface area contributed by atoms with Crippen molar-refractivity contribution in [1.82, 2.24) is 5.43 Å². The summed E-state index contributed by atoms with van der Waals surface area (Å²) in [6, 6.07) is 25.2. The first-order chi connectivity index (χ1) is 17.7. The number of carbonyl (C=O) groups is 1. The Morgan fingerprint density at radius 2 is 1.68 bits per heavy atom. The second-order valence-corrected chi connectivity index (χ2v) is 10.6. The van der Waals surface area contributed by atoms with Crippen LogP contribution in [0.2, 0.25) is 5.02 Å². The van der Waals surface area contributed by atoms with E-state index in [-0.39, 0.29) is 27.3 Å². The van der Waals surface area contributed by atoms with Gasteiger partial charge in [-0.3, -0.25) is 10.2 Å². The molecule has 0 aliphatic carbocycles. The minimum atomic E-state index is -3.98. The van der Waals surface area contributed by atoms with Gasteiger partial charge in [-0.2, -0.15) is 5.10 Å². The Morgan fingerprint density at radius 3 is 2.49 bits per heavy atom. The number of rotatable bonds is 5. The number of benzene rings is 4. The van der Waals surface area contributed by atoms with E-state index in [2.05, 4.69) is 15.8 Å². The number of amides is 1. The second-order valence-electron chi connectivity index (χ2n) is 8.23. The number of sulfonamides is 1. The van der Waals surface area contributed by atoms with Gasteiger partial charge in [0.15, 0.2) is 10.8 Å². The van der Waals surface area contributed by atoms with Crippen LogP contribution in [0, 0.1) is 0 Å². The van der Waals surface area contributed by atoms with Gasteiger partial charge in [0.25, 0.3) is 5.91 Å². The van der Waals surface area contributed by atoms with E-state index < -0.39 is 10.0 Å². The fourth-order valence-electron chi connectivity index (χ4n) is 4.26. The van der Waals surface area contributed by atoms with Gasteiger partial charge in [0.05, 0.1) is 22.9 Å². The van der Waals surface area contributed by atoms with E-state index in [4.69, 9.17) is 29.0 Å². The van der Waals surface area contributed by atoms with Crippen LogP contribution < -0.4 is 20.8 Å². The fourth-order valence-corrected chi connectivity index (χ4v) is 5.39. The number of halogens is 1. The molecule has 37 heavy (non-hydrogen) atoms. The Bertz CT molecular complexity index is 1700. The van der Waals surface area contributed by atoms with Crippen LogP contribution in [0.1, 0.15) is 11.1 Å². The Kier molecular flexibility index (Phi) is 6.65. The van der Waals surface area contributed by atoms with Gasteiger partial charge in [-0.1, -0.05) is 78.3 Å². The minimum Gasteiger partial charge on any atom is -0.330 e. The molecule has 4 N–H and O–H groups in total. The highest BCUT2D eigenvalue weighted by Gasteiger charge is 2.36. The van der Waals surface area contributed by atoms with Crippen LogP contribution in [-0.2, 0) is 21.4 Å². The number of nitrogens with zero attached hydrogens (tertiary/aromatic N) is 2. The number of thiocarbonyl (C=S) groups is 1. The molecule has 5 rings (SSSR count). The van der Waals surface area contributed by atoms with Crippen LogP contribution in [0.15, 0.2) is 94.9 Å². The molecule has 0 radical (unpaired) electrons. The average molecular weight is 550 g/mol. The highest BCUT2D eigenvalue weighted by Crippen LogP contribution is 2.37. The molecule has 186 valence electrons. The van der Waals surface area contributed by atoms with Crippen LogP contribution in [-0.4, -0.2) is 25.1 Å². The summed E-state index contributed by atoms with van der Waals surface area (Å²) in [5.41, 5.74) is 5.02. The van der Waals surface area contributed by atoms with Crippen molar-refractivity contribution in [3.63, 3.8) is 0 Å². The van der Waals surface area contributed by atoms with Gasteiger partial charge in [0.2, 0.25) is 10.0 Å². The zero-order valence-corrected chi connectivity index (χ0v) is 21.6. The highest BCUT2D eigenvalue weighted by atomic mass is 35.5. The van der Waals surface area contributed by atoms with Gasteiger partial charge in [0.1, 0.15) is 4.90 Å². The summed E-state index contributed by atoms with van der Waals surface area (Å²) in [5.74, 6) is -0.351. The lowest BCUT2D eigenvalue weighted by Crippen LogP contribution is -2.32. The number of hydrogen-bond donors (Lipinski definition) is 3. The maximum absolute atomic E-state index is 13.5. The summed E-state index contributed by atoms with van der Waals surface area (Å²) in [6.07, 6.45) is 0. The molecule has 1 aliphatic rings. The van der Waals surface area contributed by atoms with Gasteiger partial charge >= 0.3 is 0 Å². The molecular formula is C26H20ClN5O3S2. The van der Waals surface area contributed by atoms with Gasteiger partial charge in [-0.15, -0.1) is 0 Å². The van der Waals surface area contributed by atoms with Crippen molar-refractivity contribution in [1.29, 1.82) is 0 Å². The van der Waals surface area contributed by atoms with E-state index >= 15 is 0 Å². The van der Waals surface area contributed by atoms with E-state index in [0.717, 1.165) is 16.3 Å². The monoisotopic (exact) mass is 549 g/mol. The number of para-hydroxylation sites is 2. The van der Waals surface area contributed by atoms with Crippen molar-refractivity contribution in [3.05, 3.63) is 101 Å². The zero-order valence-electron chi connectivity index (χ0n) is 19.2. The van der Waals surface area contributed by atoms with E-state index in [1.54, 1.807) is 35.2 Å². The van der Waals surface area contributed by atoms with Gasteiger partial charge in [-0.25, -0.2) is 13.6 Å². The van der Waals surface area contributed by atoms with Crippen molar-refractivity contribution in [3.8, 4) is 0 Å². The molecule has 0 atom stereocenters. The lowest BCUT2D eigenvalue weighted by Gasteiger charge is -2.19. The van der Waals surface area contributed by atoms with E-state index in [1.165, 1.54) is 12.1 Å². The number of nitrogens with two attached hydrogens (primary N) is 1. The number of nitrogens with one attached hydrogen (secondary N) is 2. The predicted molar refractivity (Wildman–Crippen MR) is 150 cm³/mol. The van der Waals surface area contributed by atoms with Crippen LogP contribution in [0.3, 0.4) is 0 Å². The highest BCUT2D eigenvalue weighted by molar-refractivity contribution is 7.89. The van der Waals surface area contributed by atoms with E-state index in [9.17, 15) is 13.2 Å². The number of primary sulfonamides is 1. The third kappa shape index (κ3) is 4.92. The molecule has 0 unspecified atom stereocenters. The fraction of sp³-hybridized carbons (Fsp3) is 0.0385. The molecule has 1 amide bonds. The lowest BCUT2D eigenvalue weighted by atomic mass is 10.0. The van der Waals surface area contributed by atoms with Crippen molar-refractivity contribution in [2.24, 2.45) is 10.2 Å². The number of hydrogen-bond acceptors (Lipinski definition) is 5. The first-order valence-corrected chi connectivity index (χ1v) is 13.4. The van der Waals surface area contributed by atoms with Gasteiger partial charge in [0, 0.05) is 5.56 Å². The van der Waals surface area contributed by atoms with Crippen LogP contribution in [0.25, 0.3) is 10.8 Å². The van der Waals surface area contributed by atoms with Gasteiger partial charge < -0.3 is 10.2 Å². The molecule has 1 heterocycles. The normalized spacial score (nSPS) is 14.2. The molecule has 0 bridgehead atoms. The predicted octanol–water partition coefficient (Wildman–Crippen LogP) is 4.38. The molecule has 4 aromatic rings. The molecule has 8 nitrogen and oxygen atoms in total. The van der Waals surface area contributed by atoms with Crippen molar-refractivity contribution in [2.75, 3.05) is 10.2 Å². The Balaban J connectivity index is 1.44. The van der Waals surface area contributed by atoms with E-state index in [1.807, 2.05) is 42.5 Å². The third-order valence-electron chi connectivity index (χ3n) is 5.88. The molecule has 0 aromatic heterocycles. The number of fused-ring (bicyclic) bond motifs is 2. The van der Waals surface area contributed by atoms with Crippen LogP contribution in [0.5, 0.6) is 0 Å². The molecular weight excluding hydrogens is 530 g/mol. The maximum Gasteiger partial charge on any atom is 0.279 e. The summed E-state index contributed by atoms with van der Waals surface area (Å²) in [7, 11) is -3.98. The Labute approximate surface area is 223 Å². The van der Waals surface area contributed by atoms with Crippen molar-refractivity contribution >= 4 is 72.7 Å². The molecule has 1 aliphatic heterocycles. The topological polar surface area (TPSA) is 117 Å². The first-order valence-electron chi connectivity index (χ1n) is 11.1. The summed E-state index contributed by atoms with van der Waals surface area (Å²) in [4.78, 5) is 15.0. The van der Waals surface area contributed by atoms with Crippen LogP contribution in [0.4, 0.5) is 11.4 Å². The molecule has 11 heteroatoms. The molecule has 0 saturated heterocycles. The Morgan fingerprint density at radius 1 is 0.973 bits per heavy atom. The SMILES string of the molecule is NS(=O)(=O)c1ccccc1NC(=S)NN=C1C(=O)N(Cc2cccc3ccccc23)c2c(Cl)cccc21. The summed E-state index contributed by atoms with van der Waals surface area (Å²) in [6.45, 7) is 0.292. The van der Waals surface area contributed by atoms with Crippen molar-refractivity contribution < 1.29 is 13.2 Å². The maximum atomic E-state index is 13.5. The average Bonchev–Trinajstić information content (AvgIpc) is 3.14. The smallest absolute Gasteiger partial charge is 0.279 e. The summed E-state index contributed by atoms with van der Waals surface area (Å²) >= 11 is 11.8. The quantitative estimate of drug-likeness (QED) is 0.251. The molecule has 0 saturated carbocycles. The molecule has 0 fully saturated rings. The number of carbonyl (C=O) groups excluding carboxylic acids is 1. The minimum absolute atomic E-state index is 0.0209. The standard InChI is InChI=1S/C26H20ClN5O3S2/c27-20-12-6-11-19-23(30-31-26(36)29-21-13-3-4-14-22(21)37(28,34)35)25(33)32(24(19)20)15-17-9-5-8-16-7-1-2-10-18(16)17/h1-14H,15H2,(H2,28,34,35)(H2,29,31,36). The number of hydrazone groups is 1. The zero-order chi connectivity index (χ0) is 26.2. The summed E-state index contributed by atoms with van der Waals surface area (Å²) < 4.78 is 23.7. The third-order valence-corrected chi connectivity index (χ3v) is 7.35. The number of anilines is 2. The molecule has 4 aromatic carbocycles. The van der Waals surface area contributed by atoms with Crippen LogP contribution >= 0.6 is 23.8 Å².